The molecule has 0 amide bonds. The van der Waals surface area contributed by atoms with E-state index in [0.717, 1.165) is 11.1 Å². The van der Waals surface area contributed by atoms with Gasteiger partial charge in [0.15, 0.2) is 5.78 Å². The van der Waals surface area contributed by atoms with Crippen LogP contribution in [0.25, 0.3) is 5.57 Å². The number of carbonyl (C=O) groups excluding carboxylic acids is 2. The highest BCUT2D eigenvalue weighted by Crippen LogP contribution is 2.37. The van der Waals surface area contributed by atoms with Crippen LogP contribution in [0, 0.1) is 0 Å². The van der Waals surface area contributed by atoms with Crippen LogP contribution in [0.4, 0.5) is 0 Å². The van der Waals surface area contributed by atoms with Crippen LogP contribution in [0.5, 0.6) is 0 Å². The van der Waals surface area contributed by atoms with Crippen molar-refractivity contribution in [1.29, 1.82) is 0 Å². The molecule has 0 spiro atoms. The van der Waals surface area contributed by atoms with Crippen molar-refractivity contribution in [3.05, 3.63) is 113 Å². The van der Waals surface area contributed by atoms with Crippen molar-refractivity contribution >= 4 is 28.9 Å². The Labute approximate surface area is 174 Å². The number of Topliss-reactive ketones (excluding diaryl/α,β-unsaturated/α-hetero) is 1. The van der Waals surface area contributed by atoms with Gasteiger partial charge in [-0.25, -0.2) is 4.98 Å². The van der Waals surface area contributed by atoms with Crippen LogP contribution < -0.4 is 0 Å². The average Bonchev–Trinajstić information content (AvgIpc) is 2.77. The van der Waals surface area contributed by atoms with Crippen molar-refractivity contribution in [3.8, 4) is 0 Å². The maximum absolute atomic E-state index is 13.4. The first kappa shape index (κ1) is 19.1. The molecule has 1 aliphatic rings. The summed E-state index contributed by atoms with van der Waals surface area (Å²) in [6.07, 6.45) is 4.40. The van der Waals surface area contributed by atoms with Gasteiger partial charge in [0, 0.05) is 17.3 Å². The van der Waals surface area contributed by atoms with E-state index in [4.69, 9.17) is 0 Å². The molecule has 0 radical (unpaired) electrons. The zero-order valence-electron chi connectivity index (χ0n) is 15.7. The summed E-state index contributed by atoms with van der Waals surface area (Å²) in [5.41, 5.74) is 2.90. The van der Waals surface area contributed by atoms with Gasteiger partial charge < -0.3 is 0 Å². The second kappa shape index (κ2) is 8.84. The van der Waals surface area contributed by atoms with E-state index in [9.17, 15) is 9.59 Å². The normalized spacial score (nSPS) is 14.1. The number of carbonyl (C=O) groups is 2. The third-order valence-corrected chi connectivity index (χ3v) is 5.82. The summed E-state index contributed by atoms with van der Waals surface area (Å²) in [6, 6.07) is 24.9. The summed E-state index contributed by atoms with van der Waals surface area (Å²) in [7, 11) is 0. The van der Waals surface area contributed by atoms with Crippen LogP contribution >= 0.6 is 11.8 Å². The first-order valence-corrected chi connectivity index (χ1v) is 10.3. The van der Waals surface area contributed by atoms with Crippen molar-refractivity contribution in [1.82, 2.24) is 4.98 Å². The third kappa shape index (κ3) is 4.44. The Bertz CT molecular complexity index is 1090. The Hall–Kier alpha value is -3.24. The number of allylic oxidation sites excluding steroid dienone is 4. The molecule has 0 N–H and O–H groups in total. The lowest BCUT2D eigenvalue weighted by molar-refractivity contribution is -0.114. The SMILES string of the molecule is O=C1C=C(c2ccccc2)C(=O)C(Sc2ccccn2)=C1CCc1ccccc1. The van der Waals surface area contributed by atoms with E-state index in [1.54, 1.807) is 6.20 Å². The number of thioether (sulfide) groups is 1. The summed E-state index contributed by atoms with van der Waals surface area (Å²) in [5.74, 6) is -0.215. The fourth-order valence-electron chi connectivity index (χ4n) is 3.26. The maximum atomic E-state index is 13.4. The molecule has 3 aromatic rings. The molecular formula is C25H19NO2S. The number of hydrogen-bond donors (Lipinski definition) is 0. The van der Waals surface area contributed by atoms with E-state index in [-0.39, 0.29) is 11.6 Å². The fourth-order valence-corrected chi connectivity index (χ4v) is 4.26. The molecule has 2 aromatic carbocycles. The molecule has 0 atom stereocenters. The Morgan fingerprint density at radius 3 is 2.14 bits per heavy atom. The minimum absolute atomic E-state index is 0.0992. The van der Waals surface area contributed by atoms with Crippen molar-refractivity contribution in [2.24, 2.45) is 0 Å². The number of ketones is 2. The number of nitrogens with zero attached hydrogens (tertiary/aromatic N) is 1. The summed E-state index contributed by atoms with van der Waals surface area (Å²) in [4.78, 5) is 31.2. The molecule has 0 fully saturated rings. The molecule has 0 bridgehead atoms. The summed E-state index contributed by atoms with van der Waals surface area (Å²) in [6.45, 7) is 0. The minimum atomic E-state index is -0.116. The molecule has 3 nitrogen and oxygen atoms in total. The fraction of sp³-hybridized carbons (Fsp3) is 0.0800. The van der Waals surface area contributed by atoms with E-state index in [2.05, 4.69) is 4.98 Å². The Morgan fingerprint density at radius 1 is 0.759 bits per heavy atom. The topological polar surface area (TPSA) is 47.0 Å². The smallest absolute Gasteiger partial charge is 0.200 e. The Kier molecular flexibility index (Phi) is 5.82. The van der Waals surface area contributed by atoms with Gasteiger partial charge in [-0.1, -0.05) is 78.5 Å². The number of benzene rings is 2. The zero-order chi connectivity index (χ0) is 20.1. The molecule has 0 unspecified atom stereocenters. The molecule has 4 rings (SSSR count). The lowest BCUT2D eigenvalue weighted by atomic mass is 9.89. The van der Waals surface area contributed by atoms with Crippen LogP contribution in [-0.4, -0.2) is 16.6 Å². The van der Waals surface area contributed by atoms with Crippen molar-refractivity contribution in [2.45, 2.75) is 17.9 Å². The van der Waals surface area contributed by atoms with E-state index in [1.165, 1.54) is 17.8 Å². The molecule has 29 heavy (non-hydrogen) atoms. The number of pyridine rings is 1. The number of aryl methyl sites for hydroxylation is 1. The molecule has 1 aromatic heterocycles. The quantitative estimate of drug-likeness (QED) is 0.530. The zero-order valence-corrected chi connectivity index (χ0v) is 16.6. The van der Waals surface area contributed by atoms with Gasteiger partial charge in [0.1, 0.15) is 5.03 Å². The van der Waals surface area contributed by atoms with Gasteiger partial charge in [-0.2, -0.15) is 0 Å². The van der Waals surface area contributed by atoms with Crippen LogP contribution in [0.3, 0.4) is 0 Å². The first-order valence-electron chi connectivity index (χ1n) is 9.44. The molecular weight excluding hydrogens is 378 g/mol. The molecule has 0 saturated carbocycles. The maximum Gasteiger partial charge on any atom is 0.200 e. The number of aromatic nitrogens is 1. The summed E-state index contributed by atoms with van der Waals surface area (Å²) < 4.78 is 0. The van der Waals surface area contributed by atoms with E-state index in [0.29, 0.717) is 33.9 Å². The number of hydrogen-bond acceptors (Lipinski definition) is 4. The van der Waals surface area contributed by atoms with Crippen LogP contribution in [0.1, 0.15) is 17.5 Å². The van der Waals surface area contributed by atoms with Crippen LogP contribution in [0.15, 0.2) is 107 Å². The molecule has 142 valence electrons. The Balaban J connectivity index is 1.69. The lowest BCUT2D eigenvalue weighted by Gasteiger charge is -2.19. The van der Waals surface area contributed by atoms with Gasteiger partial charge in [0.05, 0.1) is 4.91 Å². The van der Waals surface area contributed by atoms with Gasteiger partial charge in [-0.15, -0.1) is 0 Å². The van der Waals surface area contributed by atoms with Gasteiger partial charge in [0.25, 0.3) is 0 Å². The first-order chi connectivity index (χ1) is 14.2. The average molecular weight is 397 g/mol. The lowest BCUT2D eigenvalue weighted by Crippen LogP contribution is -2.18. The van der Waals surface area contributed by atoms with Crippen LogP contribution in [0.2, 0.25) is 0 Å². The monoisotopic (exact) mass is 397 g/mol. The van der Waals surface area contributed by atoms with Crippen LogP contribution in [-0.2, 0) is 16.0 Å². The highest BCUT2D eigenvalue weighted by molar-refractivity contribution is 8.04. The van der Waals surface area contributed by atoms with E-state index >= 15 is 0 Å². The molecule has 1 aliphatic carbocycles. The van der Waals surface area contributed by atoms with Crippen molar-refractivity contribution in [3.63, 3.8) is 0 Å². The molecule has 4 heteroatoms. The second-order valence-electron chi connectivity index (χ2n) is 6.68. The van der Waals surface area contributed by atoms with Crippen molar-refractivity contribution < 1.29 is 9.59 Å². The summed E-state index contributed by atoms with van der Waals surface area (Å²) >= 11 is 1.28. The van der Waals surface area contributed by atoms with E-state index < -0.39 is 0 Å². The Morgan fingerprint density at radius 2 is 1.45 bits per heavy atom. The number of rotatable bonds is 6. The molecule has 0 aliphatic heterocycles. The standard InChI is InChI=1S/C25H19NO2S/c27-22-17-21(19-11-5-2-6-12-19)24(28)25(29-23-13-7-8-16-26-23)20(22)15-14-18-9-3-1-4-10-18/h1-13,16-17H,14-15H2. The van der Waals surface area contributed by atoms with Gasteiger partial charge >= 0.3 is 0 Å². The molecule has 1 heterocycles. The van der Waals surface area contributed by atoms with E-state index in [1.807, 2.05) is 78.9 Å². The van der Waals surface area contributed by atoms with Gasteiger partial charge in [0.2, 0.25) is 5.78 Å². The predicted molar refractivity (Wildman–Crippen MR) is 116 cm³/mol. The molecule has 0 saturated heterocycles. The van der Waals surface area contributed by atoms with Crippen molar-refractivity contribution in [2.75, 3.05) is 0 Å². The second-order valence-corrected chi connectivity index (χ2v) is 7.71. The third-order valence-electron chi connectivity index (χ3n) is 4.73. The minimum Gasteiger partial charge on any atom is -0.290 e. The van der Waals surface area contributed by atoms with Gasteiger partial charge in [-0.3, -0.25) is 9.59 Å². The predicted octanol–water partition coefficient (Wildman–Crippen LogP) is 5.30. The highest BCUT2D eigenvalue weighted by Gasteiger charge is 2.30. The van der Waals surface area contributed by atoms with Gasteiger partial charge in [-0.05, 0) is 42.2 Å². The largest absolute Gasteiger partial charge is 0.290 e. The highest BCUT2D eigenvalue weighted by atomic mass is 32.2. The summed E-state index contributed by atoms with van der Waals surface area (Å²) in [5, 5.41) is 0.704.